The van der Waals surface area contributed by atoms with Crippen LogP contribution in [0.3, 0.4) is 0 Å². The molecule has 0 spiro atoms. The van der Waals surface area contributed by atoms with Crippen molar-refractivity contribution >= 4 is 22.0 Å². The van der Waals surface area contributed by atoms with Crippen LogP contribution in [0.4, 0.5) is 4.79 Å². The number of ether oxygens (including phenoxy) is 2. The van der Waals surface area contributed by atoms with Gasteiger partial charge in [0.2, 0.25) is 5.88 Å². The summed E-state index contributed by atoms with van der Waals surface area (Å²) in [6.07, 6.45) is 5.36. The van der Waals surface area contributed by atoms with Crippen molar-refractivity contribution in [2.24, 2.45) is 0 Å². The number of carbonyl (C=O) groups is 1. The molecule has 0 radical (unpaired) electrons. The van der Waals surface area contributed by atoms with Crippen molar-refractivity contribution in [3.63, 3.8) is 0 Å². The molecule has 126 valence electrons. The number of hydrogen-bond acceptors (Lipinski definition) is 4. The molecule has 1 aromatic rings. The van der Waals surface area contributed by atoms with Crippen molar-refractivity contribution in [3.05, 3.63) is 22.8 Å². The van der Waals surface area contributed by atoms with Gasteiger partial charge >= 0.3 is 6.09 Å². The van der Waals surface area contributed by atoms with Gasteiger partial charge in [0, 0.05) is 41.7 Å². The average molecular weight is 383 g/mol. The molecule has 0 N–H and O–H groups in total. The lowest BCUT2D eigenvalue weighted by atomic mass is 10.0. The van der Waals surface area contributed by atoms with Gasteiger partial charge in [0.15, 0.2) is 0 Å². The van der Waals surface area contributed by atoms with E-state index in [4.69, 9.17) is 9.47 Å². The number of fused-ring (bicyclic) bond motifs is 2. The molecule has 2 bridgehead atoms. The highest BCUT2D eigenvalue weighted by atomic mass is 79.9. The minimum Gasteiger partial charge on any atom is -0.474 e. The second kappa shape index (κ2) is 6.30. The fourth-order valence-electron chi connectivity index (χ4n) is 3.46. The Morgan fingerprint density at radius 3 is 2.52 bits per heavy atom. The number of aromatic nitrogens is 1. The first kappa shape index (κ1) is 16.6. The lowest BCUT2D eigenvalue weighted by Crippen LogP contribution is -2.50. The van der Waals surface area contributed by atoms with Crippen molar-refractivity contribution in [2.45, 2.75) is 70.2 Å². The van der Waals surface area contributed by atoms with Crippen molar-refractivity contribution in [2.75, 3.05) is 0 Å². The Morgan fingerprint density at radius 2 is 1.96 bits per heavy atom. The molecule has 3 rings (SSSR count). The van der Waals surface area contributed by atoms with Gasteiger partial charge in [-0.3, -0.25) is 0 Å². The summed E-state index contributed by atoms with van der Waals surface area (Å²) < 4.78 is 12.5. The van der Waals surface area contributed by atoms with Gasteiger partial charge in [0.1, 0.15) is 11.7 Å². The van der Waals surface area contributed by atoms with E-state index in [1.165, 1.54) is 0 Å². The summed E-state index contributed by atoms with van der Waals surface area (Å²) in [7, 11) is 0. The Labute approximate surface area is 145 Å². The number of amides is 1. The molecular weight excluding hydrogens is 360 g/mol. The fraction of sp³-hybridized carbons (Fsp3) is 0.647. The standard InChI is InChI=1S/C17H23BrN2O3/c1-17(2,3)23-16(21)20-12-4-5-13(20)10-14(9-12)22-15-8-11(18)6-7-19-15/h6-8,12-14H,4-5,9-10H2,1-3H3/t12-,13+,14?. The van der Waals surface area contributed by atoms with Crippen LogP contribution in [0.25, 0.3) is 0 Å². The molecule has 23 heavy (non-hydrogen) atoms. The summed E-state index contributed by atoms with van der Waals surface area (Å²) in [6.45, 7) is 5.71. The summed E-state index contributed by atoms with van der Waals surface area (Å²) >= 11 is 3.43. The highest BCUT2D eigenvalue weighted by Crippen LogP contribution is 2.38. The van der Waals surface area contributed by atoms with Crippen LogP contribution in [0.1, 0.15) is 46.5 Å². The third-order valence-corrected chi connectivity index (χ3v) is 4.77. The first-order valence-corrected chi connectivity index (χ1v) is 8.90. The number of nitrogens with zero attached hydrogens (tertiary/aromatic N) is 2. The van der Waals surface area contributed by atoms with Gasteiger partial charge in [-0.1, -0.05) is 15.9 Å². The smallest absolute Gasteiger partial charge is 0.410 e. The van der Waals surface area contributed by atoms with Gasteiger partial charge in [0.05, 0.1) is 0 Å². The van der Waals surface area contributed by atoms with Crippen LogP contribution >= 0.6 is 15.9 Å². The van der Waals surface area contributed by atoms with Gasteiger partial charge in [-0.2, -0.15) is 0 Å². The van der Waals surface area contributed by atoms with Crippen molar-refractivity contribution in [1.29, 1.82) is 0 Å². The lowest BCUT2D eigenvalue weighted by Gasteiger charge is -2.39. The molecule has 2 aliphatic heterocycles. The van der Waals surface area contributed by atoms with Crippen LogP contribution in [-0.2, 0) is 4.74 Å². The summed E-state index contributed by atoms with van der Waals surface area (Å²) in [5.41, 5.74) is -0.454. The van der Waals surface area contributed by atoms with E-state index in [0.717, 1.165) is 30.2 Å². The third kappa shape index (κ3) is 3.97. The summed E-state index contributed by atoms with van der Waals surface area (Å²) in [6, 6.07) is 4.17. The number of halogens is 1. The minimum absolute atomic E-state index is 0.105. The molecule has 3 atom stereocenters. The number of carbonyl (C=O) groups excluding carboxylic acids is 1. The molecular formula is C17H23BrN2O3. The molecule has 1 aromatic heterocycles. The van der Waals surface area contributed by atoms with Crippen LogP contribution in [0.2, 0.25) is 0 Å². The molecule has 1 unspecified atom stereocenters. The van der Waals surface area contributed by atoms with Gasteiger partial charge in [0.25, 0.3) is 0 Å². The minimum atomic E-state index is -0.454. The maximum Gasteiger partial charge on any atom is 0.410 e. The van der Waals surface area contributed by atoms with Crippen LogP contribution in [0.5, 0.6) is 5.88 Å². The summed E-state index contributed by atoms with van der Waals surface area (Å²) in [5.74, 6) is 0.634. The lowest BCUT2D eigenvalue weighted by molar-refractivity contribution is -0.00760. The predicted octanol–water partition coefficient (Wildman–Crippen LogP) is 4.15. The molecule has 0 aliphatic carbocycles. The van der Waals surface area contributed by atoms with E-state index in [0.29, 0.717) is 5.88 Å². The van der Waals surface area contributed by atoms with Gasteiger partial charge in [-0.05, 0) is 39.7 Å². The normalized spacial score (nSPS) is 27.0. The molecule has 6 heteroatoms. The maximum atomic E-state index is 12.4. The van der Waals surface area contributed by atoms with Crippen molar-refractivity contribution < 1.29 is 14.3 Å². The molecule has 2 aliphatic rings. The highest BCUT2D eigenvalue weighted by molar-refractivity contribution is 9.10. The molecule has 0 saturated carbocycles. The van der Waals surface area contributed by atoms with Gasteiger partial charge in [-0.25, -0.2) is 9.78 Å². The monoisotopic (exact) mass is 382 g/mol. The Kier molecular flexibility index (Phi) is 4.54. The zero-order valence-electron chi connectivity index (χ0n) is 13.8. The quantitative estimate of drug-likeness (QED) is 0.770. The second-order valence-electron chi connectivity index (χ2n) is 7.30. The topological polar surface area (TPSA) is 51.7 Å². The van der Waals surface area contributed by atoms with E-state index in [9.17, 15) is 4.79 Å². The largest absolute Gasteiger partial charge is 0.474 e. The predicted molar refractivity (Wildman–Crippen MR) is 90.5 cm³/mol. The van der Waals surface area contributed by atoms with E-state index in [-0.39, 0.29) is 24.3 Å². The Balaban J connectivity index is 1.64. The van der Waals surface area contributed by atoms with Crippen LogP contribution in [0, 0.1) is 0 Å². The number of piperidine rings is 1. The Hall–Kier alpha value is -1.30. The SMILES string of the molecule is CC(C)(C)OC(=O)N1[C@@H]2CC[C@H]1CC(Oc1cc(Br)ccn1)C2. The number of pyridine rings is 1. The van der Waals surface area contributed by atoms with Gasteiger partial charge in [-0.15, -0.1) is 0 Å². The number of rotatable bonds is 2. The molecule has 5 nitrogen and oxygen atoms in total. The average Bonchev–Trinajstić information content (AvgIpc) is 2.69. The summed E-state index contributed by atoms with van der Waals surface area (Å²) in [4.78, 5) is 18.6. The second-order valence-corrected chi connectivity index (χ2v) is 8.21. The van der Waals surface area contributed by atoms with Crippen LogP contribution in [-0.4, -0.2) is 39.8 Å². The Morgan fingerprint density at radius 1 is 1.30 bits per heavy atom. The molecule has 0 aromatic carbocycles. The van der Waals surface area contributed by atoms with E-state index in [1.54, 1.807) is 6.20 Å². The fourth-order valence-corrected chi connectivity index (χ4v) is 3.77. The third-order valence-electron chi connectivity index (χ3n) is 4.28. The van der Waals surface area contributed by atoms with Crippen molar-refractivity contribution in [3.8, 4) is 5.88 Å². The van der Waals surface area contributed by atoms with E-state index in [1.807, 2.05) is 37.8 Å². The molecule has 2 saturated heterocycles. The molecule has 1 amide bonds. The van der Waals surface area contributed by atoms with E-state index < -0.39 is 5.60 Å². The van der Waals surface area contributed by atoms with E-state index >= 15 is 0 Å². The highest BCUT2D eigenvalue weighted by Gasteiger charge is 2.45. The zero-order chi connectivity index (χ0) is 16.6. The van der Waals surface area contributed by atoms with Gasteiger partial charge < -0.3 is 14.4 Å². The first-order chi connectivity index (χ1) is 10.8. The van der Waals surface area contributed by atoms with Crippen molar-refractivity contribution in [1.82, 2.24) is 9.88 Å². The van der Waals surface area contributed by atoms with Crippen LogP contribution in [0.15, 0.2) is 22.8 Å². The van der Waals surface area contributed by atoms with Crippen LogP contribution < -0.4 is 4.74 Å². The Bertz CT molecular complexity index is 573. The first-order valence-electron chi connectivity index (χ1n) is 8.11. The molecule has 2 fully saturated rings. The zero-order valence-corrected chi connectivity index (χ0v) is 15.4. The number of hydrogen-bond donors (Lipinski definition) is 0. The molecule has 3 heterocycles. The maximum absolute atomic E-state index is 12.4. The van der Waals surface area contributed by atoms with E-state index in [2.05, 4.69) is 20.9 Å². The summed E-state index contributed by atoms with van der Waals surface area (Å²) in [5, 5.41) is 0.